The maximum absolute atomic E-state index is 13.0. The number of aromatic nitrogens is 5. The summed E-state index contributed by atoms with van der Waals surface area (Å²) in [7, 11) is 0. The molecule has 6 nitrogen and oxygen atoms in total. The van der Waals surface area contributed by atoms with Gasteiger partial charge in [0, 0.05) is 6.20 Å². The Morgan fingerprint density at radius 1 is 1.14 bits per heavy atom. The van der Waals surface area contributed by atoms with E-state index in [2.05, 4.69) is 15.1 Å². The van der Waals surface area contributed by atoms with Gasteiger partial charge in [-0.15, -0.1) is 5.10 Å². The Balaban J connectivity index is 2.13. The van der Waals surface area contributed by atoms with Crippen LogP contribution in [0.25, 0.3) is 22.5 Å². The van der Waals surface area contributed by atoms with Crippen molar-refractivity contribution in [1.82, 2.24) is 24.1 Å². The zero-order valence-electron chi connectivity index (χ0n) is 10.9. The largest absolute Gasteiger partial charge is 0.355 e. The van der Waals surface area contributed by atoms with Crippen LogP contribution in [0.4, 0.5) is 4.39 Å². The van der Waals surface area contributed by atoms with Gasteiger partial charge in [0.05, 0.1) is 11.2 Å². The molecule has 3 aromatic heterocycles. The molecule has 0 aliphatic carbocycles. The summed E-state index contributed by atoms with van der Waals surface area (Å²) in [4.78, 5) is 20.8. The summed E-state index contributed by atoms with van der Waals surface area (Å²) in [5.41, 5.74) is 1.07. The molecular weight excluding hydrogens is 309 g/mol. The highest BCUT2D eigenvalue weighted by molar-refractivity contribution is 6.32. The van der Waals surface area contributed by atoms with Crippen molar-refractivity contribution in [3.63, 3.8) is 0 Å². The van der Waals surface area contributed by atoms with Crippen molar-refractivity contribution in [1.29, 1.82) is 0 Å². The first kappa shape index (κ1) is 12.9. The molecule has 0 aliphatic rings. The highest BCUT2D eigenvalue weighted by Gasteiger charge is 2.16. The predicted octanol–water partition coefficient (Wildman–Crippen LogP) is 2.22. The van der Waals surface area contributed by atoms with Gasteiger partial charge in [0.25, 0.3) is 0 Å². The second-order valence-corrected chi connectivity index (χ2v) is 4.94. The van der Waals surface area contributed by atoms with Crippen LogP contribution in [0.15, 0.2) is 47.4 Å². The van der Waals surface area contributed by atoms with E-state index in [1.807, 2.05) is 0 Å². The number of fused-ring (bicyclic) bond motifs is 3. The highest BCUT2D eigenvalue weighted by Crippen LogP contribution is 2.18. The summed E-state index contributed by atoms with van der Waals surface area (Å²) in [6.07, 6.45) is 1.56. The zero-order chi connectivity index (χ0) is 15.3. The molecule has 0 atom stereocenters. The molecule has 0 N–H and O–H groups in total. The minimum absolute atomic E-state index is 0.0733. The topological polar surface area (TPSA) is 65.1 Å². The third kappa shape index (κ3) is 1.79. The molecule has 0 saturated carbocycles. The summed E-state index contributed by atoms with van der Waals surface area (Å²) in [6, 6.07) is 8.84. The van der Waals surface area contributed by atoms with Gasteiger partial charge in [0.1, 0.15) is 5.82 Å². The van der Waals surface area contributed by atoms with Gasteiger partial charge in [0.15, 0.2) is 16.4 Å². The fourth-order valence-electron chi connectivity index (χ4n) is 2.26. The van der Waals surface area contributed by atoms with Crippen LogP contribution in [-0.4, -0.2) is 24.1 Å². The normalized spacial score (nSPS) is 11.4. The minimum Gasteiger partial charge on any atom is -0.245 e. The van der Waals surface area contributed by atoms with E-state index < -0.39 is 11.5 Å². The first-order chi connectivity index (χ1) is 10.6. The number of pyridine rings is 1. The molecule has 0 saturated heterocycles. The summed E-state index contributed by atoms with van der Waals surface area (Å²) in [5.74, 6) is -0.394. The lowest BCUT2D eigenvalue weighted by Gasteiger charge is -1.99. The van der Waals surface area contributed by atoms with Crippen molar-refractivity contribution in [2.24, 2.45) is 0 Å². The van der Waals surface area contributed by atoms with Crippen molar-refractivity contribution >= 4 is 28.4 Å². The molecule has 0 spiro atoms. The van der Waals surface area contributed by atoms with Crippen LogP contribution >= 0.6 is 11.6 Å². The summed E-state index contributed by atoms with van der Waals surface area (Å²) >= 11 is 6.09. The quantitative estimate of drug-likeness (QED) is 0.540. The Kier molecular flexibility index (Phi) is 2.70. The van der Waals surface area contributed by atoms with E-state index >= 15 is 0 Å². The molecule has 108 valence electrons. The monoisotopic (exact) mass is 315 g/mol. The van der Waals surface area contributed by atoms with Gasteiger partial charge in [-0.05, 0) is 36.4 Å². The van der Waals surface area contributed by atoms with Gasteiger partial charge < -0.3 is 0 Å². The molecule has 1 aromatic carbocycles. The average Bonchev–Trinajstić information content (AvgIpc) is 2.87. The molecule has 0 aliphatic heterocycles. The molecule has 22 heavy (non-hydrogen) atoms. The van der Waals surface area contributed by atoms with Crippen LogP contribution in [-0.2, 0) is 0 Å². The Labute approximate surface area is 127 Å². The lowest BCUT2D eigenvalue weighted by atomic mass is 10.3. The number of halogens is 2. The SMILES string of the molecule is O=c1n(-c2ccc(F)cc2)nc2c(Cl)nc3ncccc3n12. The predicted molar refractivity (Wildman–Crippen MR) is 78.9 cm³/mol. The molecule has 3 heterocycles. The average molecular weight is 316 g/mol. The maximum Gasteiger partial charge on any atom is 0.355 e. The lowest BCUT2D eigenvalue weighted by molar-refractivity contribution is 0.627. The fraction of sp³-hybridized carbons (Fsp3) is 0. The zero-order valence-corrected chi connectivity index (χ0v) is 11.7. The maximum atomic E-state index is 13.0. The van der Waals surface area contributed by atoms with E-state index in [0.29, 0.717) is 16.9 Å². The first-order valence-electron chi connectivity index (χ1n) is 6.33. The van der Waals surface area contributed by atoms with E-state index in [0.717, 1.165) is 4.68 Å². The van der Waals surface area contributed by atoms with Gasteiger partial charge in [-0.1, -0.05) is 11.6 Å². The van der Waals surface area contributed by atoms with Gasteiger partial charge in [-0.2, -0.15) is 4.68 Å². The summed E-state index contributed by atoms with van der Waals surface area (Å²) in [6.45, 7) is 0. The van der Waals surface area contributed by atoms with Crippen LogP contribution in [0.5, 0.6) is 0 Å². The van der Waals surface area contributed by atoms with Crippen LogP contribution in [0.3, 0.4) is 0 Å². The van der Waals surface area contributed by atoms with E-state index in [-0.39, 0.29) is 10.8 Å². The number of hydrogen-bond acceptors (Lipinski definition) is 4. The number of benzene rings is 1. The van der Waals surface area contributed by atoms with Crippen molar-refractivity contribution in [3.05, 3.63) is 64.0 Å². The molecule has 0 unspecified atom stereocenters. The first-order valence-corrected chi connectivity index (χ1v) is 6.71. The van der Waals surface area contributed by atoms with Crippen molar-refractivity contribution in [2.75, 3.05) is 0 Å². The third-order valence-electron chi connectivity index (χ3n) is 3.25. The Hall–Kier alpha value is -2.80. The Morgan fingerprint density at radius 2 is 1.91 bits per heavy atom. The van der Waals surface area contributed by atoms with Crippen molar-refractivity contribution in [3.8, 4) is 5.69 Å². The number of rotatable bonds is 1. The summed E-state index contributed by atoms with van der Waals surface area (Å²) < 4.78 is 15.5. The van der Waals surface area contributed by atoms with E-state index in [1.54, 1.807) is 18.3 Å². The van der Waals surface area contributed by atoms with E-state index in [1.165, 1.54) is 28.7 Å². The summed E-state index contributed by atoms with van der Waals surface area (Å²) in [5, 5.41) is 4.26. The van der Waals surface area contributed by atoms with Gasteiger partial charge in [-0.25, -0.2) is 23.6 Å². The molecule has 0 radical (unpaired) electrons. The minimum atomic E-state index is -0.427. The van der Waals surface area contributed by atoms with Gasteiger partial charge in [-0.3, -0.25) is 0 Å². The van der Waals surface area contributed by atoms with Crippen molar-refractivity contribution < 1.29 is 4.39 Å². The Morgan fingerprint density at radius 3 is 2.68 bits per heavy atom. The number of nitrogens with zero attached hydrogens (tertiary/aromatic N) is 5. The van der Waals surface area contributed by atoms with Crippen molar-refractivity contribution in [2.45, 2.75) is 0 Å². The van der Waals surface area contributed by atoms with E-state index in [9.17, 15) is 9.18 Å². The van der Waals surface area contributed by atoms with Gasteiger partial charge in [0.2, 0.25) is 0 Å². The fourth-order valence-corrected chi connectivity index (χ4v) is 2.46. The molecular formula is C14H7ClFN5O. The molecule has 8 heteroatoms. The van der Waals surface area contributed by atoms with Crippen LogP contribution in [0.2, 0.25) is 5.15 Å². The molecule has 0 amide bonds. The van der Waals surface area contributed by atoms with Crippen LogP contribution in [0.1, 0.15) is 0 Å². The molecule has 4 aromatic rings. The van der Waals surface area contributed by atoms with E-state index in [4.69, 9.17) is 11.6 Å². The highest BCUT2D eigenvalue weighted by atomic mass is 35.5. The van der Waals surface area contributed by atoms with Gasteiger partial charge >= 0.3 is 5.69 Å². The third-order valence-corrected chi connectivity index (χ3v) is 3.50. The molecule has 0 fully saturated rings. The molecule has 0 bridgehead atoms. The van der Waals surface area contributed by atoms with Crippen LogP contribution < -0.4 is 5.69 Å². The Bertz CT molecular complexity index is 1070. The van der Waals surface area contributed by atoms with Crippen LogP contribution in [0, 0.1) is 5.82 Å². The smallest absolute Gasteiger partial charge is 0.245 e. The molecule has 4 rings (SSSR count). The number of hydrogen-bond donors (Lipinski definition) is 0. The second-order valence-electron chi connectivity index (χ2n) is 4.58. The standard InChI is InChI=1S/C14H7ClFN5O/c15-11-13-19-21(9-5-3-8(16)4-6-9)14(22)20(13)10-2-1-7-17-12(10)18-11/h1-7H. The lowest BCUT2D eigenvalue weighted by Crippen LogP contribution is -2.20. The second kappa shape index (κ2) is 4.60.